The molecule has 8 aromatic carbocycles. The summed E-state index contributed by atoms with van der Waals surface area (Å²) in [6, 6.07) is 147. The van der Waals surface area contributed by atoms with Crippen molar-refractivity contribution in [2.45, 2.75) is 6.92 Å². The monoisotopic (exact) mass is 2330 g/mol. The van der Waals surface area contributed by atoms with E-state index in [0.717, 1.165) is 141 Å². The normalized spacial score (nSPS) is 9.70. The van der Waals surface area contributed by atoms with Gasteiger partial charge in [-0.1, -0.05) is 91.0 Å². The second kappa shape index (κ2) is 53.8. The Balaban J connectivity index is 0.000000162. The number of rotatable bonds is 12. The third kappa shape index (κ3) is 30.9. The van der Waals surface area contributed by atoms with Gasteiger partial charge in [0.2, 0.25) is 0 Å². The summed E-state index contributed by atoms with van der Waals surface area (Å²) in [5.41, 5.74) is 25.3. The molecule has 12 nitrogen and oxygen atoms in total. The van der Waals surface area contributed by atoms with Crippen molar-refractivity contribution in [2.75, 3.05) is 0 Å². The van der Waals surface area contributed by atoms with E-state index in [9.17, 15) is 0 Å². The van der Waals surface area contributed by atoms with Crippen LogP contribution in [-0.2, 0) is 80.4 Å². The van der Waals surface area contributed by atoms with Crippen molar-refractivity contribution in [3.8, 4) is 135 Å². The second-order valence-electron chi connectivity index (χ2n) is 26.1. The number of aromatic nitrogens is 12. The van der Waals surface area contributed by atoms with Gasteiger partial charge in [0.15, 0.2) is 0 Å². The molecule has 618 valence electrons. The zero-order chi connectivity index (χ0) is 82.6. The maximum Gasteiger partial charge on any atom is 0.0698 e. The maximum atomic E-state index is 4.54. The van der Waals surface area contributed by atoms with Gasteiger partial charge in [-0.15, -0.1) is 287 Å². The molecule has 12 heterocycles. The summed E-state index contributed by atoms with van der Waals surface area (Å²) < 4.78 is 0. The minimum Gasteiger partial charge on any atom is -0.305 e. The summed E-state index contributed by atoms with van der Waals surface area (Å²) in [7, 11) is 0. The van der Waals surface area contributed by atoms with E-state index in [2.05, 4.69) is 120 Å². The fourth-order valence-corrected chi connectivity index (χ4v) is 11.8. The molecule has 0 saturated heterocycles. The van der Waals surface area contributed by atoms with E-state index in [1.807, 2.05) is 396 Å². The van der Waals surface area contributed by atoms with Crippen LogP contribution in [0.25, 0.3) is 135 Å². The molecular weight excluding hydrogens is 2250 g/mol. The Morgan fingerprint density at radius 1 is 0.168 bits per heavy atom. The molecule has 0 atom stereocenters. The van der Waals surface area contributed by atoms with E-state index in [4.69, 9.17) is 0 Å². The maximum absolute atomic E-state index is 4.54. The number of hydrogen-bond acceptors (Lipinski definition) is 12. The quantitative estimate of drug-likeness (QED) is 0.107. The smallest absolute Gasteiger partial charge is 0.0698 e. The van der Waals surface area contributed by atoms with Gasteiger partial charge >= 0.3 is 0 Å². The van der Waals surface area contributed by atoms with E-state index >= 15 is 0 Å². The second-order valence-corrected chi connectivity index (χ2v) is 26.1. The van der Waals surface area contributed by atoms with Crippen LogP contribution in [0.15, 0.2) is 457 Å². The van der Waals surface area contributed by atoms with E-state index in [1.54, 1.807) is 55.8 Å². The zero-order valence-corrected chi connectivity index (χ0v) is 77.1. The van der Waals surface area contributed by atoms with E-state index < -0.39 is 0 Å². The van der Waals surface area contributed by atoms with E-state index in [1.165, 1.54) is 0 Å². The number of nitrogens with zero attached hydrogens (tertiary/aromatic N) is 12. The first-order valence-corrected chi connectivity index (χ1v) is 38.9. The van der Waals surface area contributed by atoms with Gasteiger partial charge in [-0.3, -0.25) is 19.9 Å². The molecule has 20 rings (SSSR count). The van der Waals surface area contributed by atoms with Crippen LogP contribution in [0.5, 0.6) is 0 Å². The van der Waals surface area contributed by atoms with Gasteiger partial charge < -0.3 is 39.9 Å². The molecule has 20 aromatic rings. The summed E-state index contributed by atoms with van der Waals surface area (Å²) in [4.78, 5) is 51.5. The van der Waals surface area contributed by atoms with Crippen molar-refractivity contribution < 1.29 is 80.4 Å². The van der Waals surface area contributed by atoms with Crippen LogP contribution in [0, 0.1) is 55.5 Å². The predicted molar refractivity (Wildman–Crippen MR) is 486 cm³/mol. The van der Waals surface area contributed by atoms with Gasteiger partial charge in [0.1, 0.15) is 0 Å². The molecule has 0 aliphatic carbocycles. The number of pyridine rings is 12. The molecule has 0 aliphatic heterocycles. The number of aryl methyl sites for hydroxylation is 1. The Kier molecular flexibility index (Phi) is 40.9. The van der Waals surface area contributed by atoms with Crippen LogP contribution in [0.3, 0.4) is 0 Å². The first-order chi connectivity index (χ1) is 60.0. The van der Waals surface area contributed by atoms with Crippen LogP contribution in [0.1, 0.15) is 5.69 Å². The Hall–Kier alpha value is -13.8. The molecule has 0 aliphatic rings. The Morgan fingerprint density at radius 2 is 0.424 bits per heavy atom. The Labute approximate surface area is 785 Å². The van der Waals surface area contributed by atoms with Gasteiger partial charge in [-0.25, -0.2) is 0 Å². The summed E-state index contributed by atoms with van der Waals surface area (Å²) in [5.74, 6) is 0. The first-order valence-electron chi connectivity index (χ1n) is 38.9. The molecule has 0 fully saturated rings. The molecule has 0 bridgehead atoms. The average molecular weight is 2320 g/mol. The van der Waals surface area contributed by atoms with Gasteiger partial charge in [-0.2, -0.15) is 0 Å². The standard InChI is InChI=1S/C17H13N2.3C16H11N2.4C11H8N.4Ir/c1-13-6-5-9-16(19-13)15-10-11-18-17(12-15)14-7-3-2-4-8-14;1-2-6-13(7-3-1)16-12-14(9-11-18-16)15-8-4-5-10-17-15;1-2-5-13(6-3-1)16-11-14(8-10-18-16)15-7-4-9-17-12-15;1-2-4-14(5-3-1)16-12-15(8-11-18-16)13-6-9-17-10-7-13;4*1-2-6-10(7-3-1)11-8-4-5-9-12-11;;;;/h2-7,9-12H,1H3;1-6,8-12H;1-5,7-12H;1-4,6-12H;4*1-6,8-9H;;;;/q8*-1;;;;. The topological polar surface area (TPSA) is 155 Å². The van der Waals surface area contributed by atoms with Gasteiger partial charge in [0.25, 0.3) is 0 Å². The molecule has 0 N–H and O–H groups in total. The molecule has 0 unspecified atom stereocenters. The van der Waals surface area contributed by atoms with Gasteiger partial charge in [-0.05, 0) is 177 Å². The van der Waals surface area contributed by atoms with Crippen LogP contribution < -0.4 is 0 Å². The third-order valence-electron chi connectivity index (χ3n) is 17.7. The largest absolute Gasteiger partial charge is 0.305 e. The van der Waals surface area contributed by atoms with Crippen LogP contribution >= 0.6 is 0 Å². The fourth-order valence-electron chi connectivity index (χ4n) is 11.8. The molecule has 0 spiro atoms. The number of hydrogen-bond donors (Lipinski definition) is 0. The van der Waals surface area contributed by atoms with Crippen molar-refractivity contribution in [3.63, 3.8) is 0 Å². The zero-order valence-electron chi connectivity index (χ0n) is 67.5. The summed E-state index contributed by atoms with van der Waals surface area (Å²) in [6.45, 7) is 2.00. The van der Waals surface area contributed by atoms with Crippen molar-refractivity contribution >= 4 is 0 Å². The third-order valence-corrected chi connectivity index (χ3v) is 17.7. The molecular formula is C109H78Ir4N12-8. The summed E-state index contributed by atoms with van der Waals surface area (Å²) in [5, 5.41) is 0. The van der Waals surface area contributed by atoms with E-state index in [0.29, 0.717) is 0 Å². The van der Waals surface area contributed by atoms with Crippen LogP contribution in [0.4, 0.5) is 0 Å². The van der Waals surface area contributed by atoms with Crippen LogP contribution in [-0.4, -0.2) is 59.8 Å². The van der Waals surface area contributed by atoms with Crippen molar-refractivity contribution in [1.29, 1.82) is 0 Å². The van der Waals surface area contributed by atoms with Crippen molar-refractivity contribution in [1.82, 2.24) is 59.8 Å². The molecule has 125 heavy (non-hydrogen) atoms. The molecule has 0 amide bonds. The Bertz CT molecular complexity index is 5390. The van der Waals surface area contributed by atoms with Crippen molar-refractivity contribution in [3.05, 3.63) is 511 Å². The first kappa shape index (κ1) is 95.0. The number of benzene rings is 8. The minimum atomic E-state index is 0. The van der Waals surface area contributed by atoms with Crippen molar-refractivity contribution in [2.24, 2.45) is 0 Å². The van der Waals surface area contributed by atoms with E-state index in [-0.39, 0.29) is 80.4 Å². The molecule has 4 radical (unpaired) electrons. The van der Waals surface area contributed by atoms with Gasteiger partial charge in [0.05, 0.1) is 11.4 Å². The molecule has 12 aromatic heterocycles. The molecule has 0 saturated carbocycles. The predicted octanol–water partition coefficient (Wildman–Crippen LogP) is 24.9. The fraction of sp³-hybridized carbons (Fsp3) is 0.00917. The Morgan fingerprint density at radius 3 is 0.704 bits per heavy atom. The summed E-state index contributed by atoms with van der Waals surface area (Å²) >= 11 is 0. The SMILES string of the molecule is Cc1cccc(-c2ccnc(-c3[c-]cccc3)c2)n1.[Ir].[Ir].[Ir].[Ir].[c-]1ccccc1-c1cc(-c2ccccn2)ccn1.[c-]1ccccc1-c1cc(-c2cccnc2)ccn1.[c-]1ccccc1-c1cc(-c2ccncc2)ccn1.[c-]1ccccc1-c1ccccn1.[c-]1ccccc1-c1ccccn1.[c-]1ccccc1-c1ccccn1.[c-]1ccccc1-c1ccccn1. The minimum absolute atomic E-state index is 0. The average Bonchev–Trinajstić information content (AvgIpc) is 0.836. The molecule has 16 heteroatoms. The van der Waals surface area contributed by atoms with Gasteiger partial charge in [0, 0.05) is 167 Å². The summed E-state index contributed by atoms with van der Waals surface area (Å²) in [6.07, 6.45) is 23.4. The van der Waals surface area contributed by atoms with Crippen LogP contribution in [0.2, 0.25) is 0 Å².